The van der Waals surface area contributed by atoms with E-state index in [0.29, 0.717) is 12.2 Å². The average molecular weight is 408 g/mol. The summed E-state index contributed by atoms with van der Waals surface area (Å²) in [6.07, 6.45) is 11.1. The van der Waals surface area contributed by atoms with E-state index in [2.05, 4.69) is 12.2 Å². The molecular weight excluding hydrogens is 370 g/mol. The van der Waals surface area contributed by atoms with Gasteiger partial charge in [0.05, 0.1) is 7.11 Å². The summed E-state index contributed by atoms with van der Waals surface area (Å²) in [5, 5.41) is 12.4. The lowest BCUT2D eigenvalue weighted by Crippen LogP contribution is -2.28. The van der Waals surface area contributed by atoms with Crippen molar-refractivity contribution in [3.05, 3.63) is 23.3 Å². The Balaban J connectivity index is 2.13. The molecular formula is C23H37NO5. The average Bonchev–Trinajstić information content (AvgIpc) is 2.70. The number of rotatable bonds is 15. The summed E-state index contributed by atoms with van der Waals surface area (Å²) in [6, 6.07) is 3.27. The van der Waals surface area contributed by atoms with Gasteiger partial charge in [-0.05, 0) is 36.6 Å². The number of nitrogens with one attached hydrogen (secondary N) is 1. The second-order valence-corrected chi connectivity index (χ2v) is 7.47. The monoisotopic (exact) mass is 407 g/mol. The van der Waals surface area contributed by atoms with Crippen LogP contribution < -0.4 is 10.1 Å². The molecule has 0 saturated carbocycles. The molecule has 0 aliphatic heterocycles. The van der Waals surface area contributed by atoms with Gasteiger partial charge in [0.15, 0.2) is 18.1 Å². The highest BCUT2D eigenvalue weighted by atomic mass is 16.5. The van der Waals surface area contributed by atoms with Crippen molar-refractivity contribution in [1.82, 2.24) is 5.32 Å². The van der Waals surface area contributed by atoms with Crippen molar-refractivity contribution < 1.29 is 24.2 Å². The largest absolute Gasteiger partial charge is 0.504 e. The van der Waals surface area contributed by atoms with Crippen molar-refractivity contribution in [1.29, 1.82) is 0 Å². The van der Waals surface area contributed by atoms with E-state index in [-0.39, 0.29) is 30.8 Å². The molecule has 0 aliphatic carbocycles. The first-order valence-corrected chi connectivity index (χ1v) is 10.8. The molecule has 0 spiro atoms. The Morgan fingerprint density at radius 2 is 1.62 bits per heavy atom. The van der Waals surface area contributed by atoms with E-state index in [4.69, 9.17) is 9.47 Å². The van der Waals surface area contributed by atoms with Crippen LogP contribution in [-0.4, -0.2) is 30.7 Å². The molecule has 0 fully saturated rings. The number of carbonyl (C=O) groups is 2. The van der Waals surface area contributed by atoms with Crippen LogP contribution in [0.15, 0.2) is 12.1 Å². The van der Waals surface area contributed by atoms with Crippen LogP contribution >= 0.6 is 0 Å². The molecule has 0 heterocycles. The molecule has 0 saturated heterocycles. The Morgan fingerprint density at radius 3 is 2.24 bits per heavy atom. The van der Waals surface area contributed by atoms with E-state index in [1.54, 1.807) is 12.1 Å². The maximum Gasteiger partial charge on any atom is 0.306 e. The highest BCUT2D eigenvalue weighted by Gasteiger charge is 2.10. The van der Waals surface area contributed by atoms with E-state index in [1.165, 1.54) is 45.6 Å². The minimum atomic E-state index is -0.350. The third kappa shape index (κ3) is 10.8. The van der Waals surface area contributed by atoms with Crippen molar-refractivity contribution in [2.45, 2.75) is 84.6 Å². The number of hydrogen-bond acceptors (Lipinski definition) is 5. The number of methoxy groups -OCH3 is 1. The number of ether oxygens (including phenoxy) is 2. The molecule has 1 aromatic carbocycles. The van der Waals surface area contributed by atoms with Gasteiger partial charge in [-0.2, -0.15) is 0 Å². The summed E-state index contributed by atoms with van der Waals surface area (Å²) in [5.74, 6) is -0.264. The summed E-state index contributed by atoms with van der Waals surface area (Å²) in [7, 11) is 1.47. The first kappa shape index (κ1) is 24.8. The number of esters is 1. The molecule has 1 amide bonds. The molecule has 0 radical (unpaired) electrons. The predicted molar refractivity (Wildman–Crippen MR) is 114 cm³/mol. The number of phenols is 1. The van der Waals surface area contributed by atoms with Gasteiger partial charge in [-0.25, -0.2) is 0 Å². The Labute approximate surface area is 175 Å². The smallest absolute Gasteiger partial charge is 0.306 e. The SMILES string of the molecule is CCCCCCCCCCCC(=O)OCC(=O)NCc1cc(OC)c(O)cc1C. The van der Waals surface area contributed by atoms with Crippen molar-refractivity contribution in [2.75, 3.05) is 13.7 Å². The maximum absolute atomic E-state index is 11.9. The zero-order chi connectivity index (χ0) is 21.5. The second kappa shape index (κ2) is 14.7. The summed E-state index contributed by atoms with van der Waals surface area (Å²) in [4.78, 5) is 23.7. The number of hydrogen-bond donors (Lipinski definition) is 2. The van der Waals surface area contributed by atoms with Crippen molar-refractivity contribution in [2.24, 2.45) is 0 Å². The number of benzene rings is 1. The molecule has 1 rings (SSSR count). The fourth-order valence-electron chi connectivity index (χ4n) is 3.11. The maximum atomic E-state index is 11.9. The van der Waals surface area contributed by atoms with Crippen LogP contribution in [0, 0.1) is 6.92 Å². The lowest BCUT2D eigenvalue weighted by atomic mass is 10.1. The Morgan fingerprint density at radius 1 is 1.00 bits per heavy atom. The predicted octanol–water partition coefficient (Wildman–Crippen LogP) is 4.79. The first-order valence-electron chi connectivity index (χ1n) is 10.8. The van der Waals surface area contributed by atoms with Gasteiger partial charge in [-0.3, -0.25) is 9.59 Å². The van der Waals surface area contributed by atoms with Gasteiger partial charge >= 0.3 is 5.97 Å². The summed E-state index contributed by atoms with van der Waals surface area (Å²) >= 11 is 0. The van der Waals surface area contributed by atoms with Crippen molar-refractivity contribution in [3.63, 3.8) is 0 Å². The highest BCUT2D eigenvalue weighted by molar-refractivity contribution is 5.80. The lowest BCUT2D eigenvalue weighted by molar-refractivity contribution is -0.148. The Kier molecular flexibility index (Phi) is 12.6. The quantitative estimate of drug-likeness (QED) is 0.322. The fourth-order valence-corrected chi connectivity index (χ4v) is 3.11. The van der Waals surface area contributed by atoms with Gasteiger partial charge in [-0.15, -0.1) is 0 Å². The molecule has 164 valence electrons. The second-order valence-electron chi connectivity index (χ2n) is 7.47. The summed E-state index contributed by atoms with van der Waals surface area (Å²) in [5.41, 5.74) is 1.67. The molecule has 2 N–H and O–H groups in total. The van der Waals surface area contributed by atoms with E-state index in [0.717, 1.165) is 30.4 Å². The Hall–Kier alpha value is -2.24. The number of aromatic hydroxyl groups is 1. The number of carbonyl (C=O) groups excluding carboxylic acids is 2. The van der Waals surface area contributed by atoms with Gasteiger partial charge in [0.2, 0.25) is 0 Å². The molecule has 0 unspecified atom stereocenters. The van der Waals surface area contributed by atoms with Crippen LogP contribution in [0.2, 0.25) is 0 Å². The topological polar surface area (TPSA) is 84.9 Å². The molecule has 1 aromatic rings. The number of phenolic OH excluding ortho intramolecular Hbond substituents is 1. The van der Waals surface area contributed by atoms with Gasteiger partial charge in [0, 0.05) is 13.0 Å². The number of aryl methyl sites for hydroxylation is 1. The molecule has 0 aromatic heterocycles. The van der Waals surface area contributed by atoms with Crippen LogP contribution in [0.25, 0.3) is 0 Å². The Bertz CT molecular complexity index is 630. The fraction of sp³-hybridized carbons (Fsp3) is 0.652. The molecule has 0 aliphatic rings. The zero-order valence-corrected chi connectivity index (χ0v) is 18.2. The van der Waals surface area contributed by atoms with Gasteiger partial charge in [-0.1, -0.05) is 58.3 Å². The van der Waals surface area contributed by atoms with Crippen LogP contribution in [0.4, 0.5) is 0 Å². The van der Waals surface area contributed by atoms with Crippen LogP contribution in [0.3, 0.4) is 0 Å². The molecule has 0 bridgehead atoms. The van der Waals surface area contributed by atoms with Gasteiger partial charge in [0.25, 0.3) is 5.91 Å². The normalized spacial score (nSPS) is 10.6. The van der Waals surface area contributed by atoms with E-state index < -0.39 is 0 Å². The molecule has 6 heteroatoms. The summed E-state index contributed by atoms with van der Waals surface area (Å²) < 4.78 is 10.1. The van der Waals surface area contributed by atoms with Gasteiger partial charge < -0.3 is 19.9 Å². The van der Waals surface area contributed by atoms with Gasteiger partial charge in [0.1, 0.15) is 0 Å². The minimum Gasteiger partial charge on any atom is -0.504 e. The third-order valence-electron chi connectivity index (χ3n) is 4.96. The number of unbranched alkanes of at least 4 members (excludes halogenated alkanes) is 8. The number of amides is 1. The zero-order valence-electron chi connectivity index (χ0n) is 18.2. The molecule has 29 heavy (non-hydrogen) atoms. The first-order chi connectivity index (χ1) is 14.0. The van der Waals surface area contributed by atoms with Crippen LogP contribution in [0.5, 0.6) is 11.5 Å². The summed E-state index contributed by atoms with van der Waals surface area (Å²) in [6.45, 7) is 4.06. The van der Waals surface area contributed by atoms with Crippen LogP contribution in [0.1, 0.15) is 82.3 Å². The molecule has 0 atom stereocenters. The third-order valence-corrected chi connectivity index (χ3v) is 4.96. The molecule has 6 nitrogen and oxygen atoms in total. The highest BCUT2D eigenvalue weighted by Crippen LogP contribution is 2.29. The van der Waals surface area contributed by atoms with E-state index in [1.807, 2.05) is 6.92 Å². The van der Waals surface area contributed by atoms with Crippen LogP contribution in [-0.2, 0) is 20.9 Å². The minimum absolute atomic E-state index is 0.0606. The lowest BCUT2D eigenvalue weighted by Gasteiger charge is -2.11. The van der Waals surface area contributed by atoms with E-state index >= 15 is 0 Å². The standard InChI is InChI=1S/C23H37NO5/c1-4-5-6-7-8-9-10-11-12-13-23(27)29-17-22(26)24-16-19-15-21(28-3)20(25)14-18(19)2/h14-15,25H,4-13,16-17H2,1-3H3,(H,24,26). The van der Waals surface area contributed by atoms with Crippen molar-refractivity contribution in [3.8, 4) is 11.5 Å². The van der Waals surface area contributed by atoms with Crippen molar-refractivity contribution >= 4 is 11.9 Å². The van der Waals surface area contributed by atoms with E-state index in [9.17, 15) is 14.7 Å².